The zero-order valence-corrected chi connectivity index (χ0v) is 18.7. The topological polar surface area (TPSA) is 88.2 Å². The van der Waals surface area contributed by atoms with Crippen molar-refractivity contribution in [2.45, 2.75) is 84.5 Å². The minimum absolute atomic E-state index is 0.0305. The lowest BCUT2D eigenvalue weighted by Crippen LogP contribution is -2.50. The number of nitrogens with one attached hydrogen (secondary N) is 1. The van der Waals surface area contributed by atoms with Crippen LogP contribution in [0.2, 0.25) is 0 Å². The van der Waals surface area contributed by atoms with E-state index in [0.29, 0.717) is 39.0 Å². The largest absolute Gasteiger partial charge is 0.444 e. The molecule has 0 unspecified atom stereocenters. The molecule has 2 aliphatic heterocycles. The number of carbonyl (C=O) groups excluding carboxylic acids is 3. The van der Waals surface area contributed by atoms with Gasteiger partial charge < -0.3 is 24.6 Å². The summed E-state index contributed by atoms with van der Waals surface area (Å²) in [6.45, 7) is 13.4. The van der Waals surface area contributed by atoms with E-state index in [2.05, 4.69) is 5.32 Å². The Balaban J connectivity index is 1.73. The van der Waals surface area contributed by atoms with E-state index in [0.717, 1.165) is 12.8 Å². The Hall–Kier alpha value is -1.99. The molecule has 0 saturated carbocycles. The third kappa shape index (κ3) is 7.74. The summed E-state index contributed by atoms with van der Waals surface area (Å²) in [5.41, 5.74) is -1.03. The molecule has 2 heterocycles. The molecule has 8 heteroatoms. The van der Waals surface area contributed by atoms with E-state index < -0.39 is 17.3 Å². The van der Waals surface area contributed by atoms with Gasteiger partial charge in [-0.25, -0.2) is 9.59 Å². The number of likely N-dealkylation sites (tertiary alicyclic amines) is 2. The van der Waals surface area contributed by atoms with E-state index in [1.165, 1.54) is 0 Å². The van der Waals surface area contributed by atoms with Gasteiger partial charge in [0.05, 0.1) is 0 Å². The van der Waals surface area contributed by atoms with Crippen LogP contribution >= 0.6 is 0 Å². The lowest BCUT2D eigenvalue weighted by molar-refractivity contribution is -0.138. The molecular formula is C21H37N3O5. The molecule has 0 aromatic heterocycles. The maximum absolute atomic E-state index is 12.9. The first kappa shape index (κ1) is 23.3. The first-order valence-corrected chi connectivity index (χ1v) is 10.6. The number of hydrogen-bond acceptors (Lipinski definition) is 5. The van der Waals surface area contributed by atoms with Crippen LogP contribution in [0.5, 0.6) is 0 Å². The van der Waals surface area contributed by atoms with Gasteiger partial charge in [0.15, 0.2) is 0 Å². The van der Waals surface area contributed by atoms with E-state index in [1.54, 1.807) is 4.90 Å². The first-order chi connectivity index (χ1) is 13.3. The standard InChI is InChI=1S/C21H37N3O5/c1-20(2,3)28-18(26)22-16-9-13-23(14-10-16)17(25)15-7-11-24(12-8-15)19(27)29-21(4,5)6/h15-16H,7-14H2,1-6H3,(H,22,26). The molecule has 0 atom stereocenters. The molecule has 29 heavy (non-hydrogen) atoms. The molecule has 166 valence electrons. The zero-order chi connectivity index (χ0) is 21.8. The molecule has 1 N–H and O–H groups in total. The Morgan fingerprint density at radius 3 is 1.72 bits per heavy atom. The van der Waals surface area contributed by atoms with Gasteiger partial charge in [0.1, 0.15) is 11.2 Å². The summed E-state index contributed by atoms with van der Waals surface area (Å²) >= 11 is 0. The van der Waals surface area contributed by atoms with Gasteiger partial charge in [-0.1, -0.05) is 0 Å². The smallest absolute Gasteiger partial charge is 0.410 e. The fourth-order valence-corrected chi connectivity index (χ4v) is 3.61. The zero-order valence-electron chi connectivity index (χ0n) is 18.7. The van der Waals surface area contributed by atoms with Crippen molar-refractivity contribution in [1.82, 2.24) is 15.1 Å². The van der Waals surface area contributed by atoms with Crippen molar-refractivity contribution in [2.75, 3.05) is 26.2 Å². The highest BCUT2D eigenvalue weighted by Crippen LogP contribution is 2.23. The summed E-state index contributed by atoms with van der Waals surface area (Å²) in [6, 6.07) is 0.0305. The van der Waals surface area contributed by atoms with Gasteiger partial charge in [0.25, 0.3) is 0 Å². The van der Waals surface area contributed by atoms with Crippen LogP contribution in [0.4, 0.5) is 9.59 Å². The maximum atomic E-state index is 12.9. The van der Waals surface area contributed by atoms with Gasteiger partial charge in [-0.2, -0.15) is 0 Å². The third-order valence-corrected chi connectivity index (χ3v) is 5.02. The number of alkyl carbamates (subject to hydrolysis) is 1. The highest BCUT2D eigenvalue weighted by Gasteiger charge is 2.33. The van der Waals surface area contributed by atoms with Crippen molar-refractivity contribution in [3.05, 3.63) is 0 Å². The minimum atomic E-state index is -0.519. The van der Waals surface area contributed by atoms with E-state index in [9.17, 15) is 14.4 Å². The van der Waals surface area contributed by atoms with Gasteiger partial charge >= 0.3 is 12.2 Å². The molecule has 2 aliphatic rings. The monoisotopic (exact) mass is 411 g/mol. The van der Waals surface area contributed by atoms with Gasteiger partial charge in [0, 0.05) is 38.1 Å². The highest BCUT2D eigenvalue weighted by atomic mass is 16.6. The van der Waals surface area contributed by atoms with Crippen LogP contribution in [0.1, 0.15) is 67.2 Å². The summed E-state index contributed by atoms with van der Waals surface area (Å²) in [4.78, 5) is 40.5. The van der Waals surface area contributed by atoms with Gasteiger partial charge in [-0.3, -0.25) is 4.79 Å². The number of nitrogens with zero attached hydrogens (tertiary/aromatic N) is 2. The van der Waals surface area contributed by atoms with Crippen molar-refractivity contribution in [3.8, 4) is 0 Å². The SMILES string of the molecule is CC(C)(C)OC(=O)NC1CCN(C(=O)C2CCN(C(=O)OC(C)(C)C)CC2)CC1. The van der Waals surface area contributed by atoms with E-state index in [4.69, 9.17) is 9.47 Å². The van der Waals surface area contributed by atoms with Crippen molar-refractivity contribution in [2.24, 2.45) is 5.92 Å². The van der Waals surface area contributed by atoms with Crippen LogP contribution in [-0.2, 0) is 14.3 Å². The highest BCUT2D eigenvalue weighted by molar-refractivity contribution is 5.79. The molecule has 0 radical (unpaired) electrons. The predicted molar refractivity (Wildman–Crippen MR) is 110 cm³/mol. The number of carbonyl (C=O) groups is 3. The van der Waals surface area contributed by atoms with Crippen LogP contribution in [-0.4, -0.2) is 71.3 Å². The van der Waals surface area contributed by atoms with E-state index >= 15 is 0 Å². The molecule has 2 rings (SSSR count). The van der Waals surface area contributed by atoms with Crippen molar-refractivity contribution >= 4 is 18.1 Å². The Morgan fingerprint density at radius 1 is 0.759 bits per heavy atom. The second-order valence-electron chi connectivity index (χ2n) is 9.99. The molecule has 0 spiro atoms. The summed E-state index contributed by atoms with van der Waals surface area (Å²) in [5, 5.41) is 2.89. The first-order valence-electron chi connectivity index (χ1n) is 10.6. The number of amides is 3. The quantitative estimate of drug-likeness (QED) is 0.754. The normalized spacial score (nSPS) is 19.7. The second kappa shape index (κ2) is 9.22. The molecule has 2 saturated heterocycles. The lowest BCUT2D eigenvalue weighted by atomic mass is 9.94. The van der Waals surface area contributed by atoms with Gasteiger partial charge in [-0.15, -0.1) is 0 Å². The van der Waals surface area contributed by atoms with Crippen molar-refractivity contribution in [3.63, 3.8) is 0 Å². The summed E-state index contributed by atoms with van der Waals surface area (Å²) in [6.07, 6.45) is 2.06. The lowest BCUT2D eigenvalue weighted by Gasteiger charge is -2.37. The molecular weight excluding hydrogens is 374 g/mol. The van der Waals surface area contributed by atoms with Gasteiger partial charge in [0.2, 0.25) is 5.91 Å². The Morgan fingerprint density at radius 2 is 1.24 bits per heavy atom. The maximum Gasteiger partial charge on any atom is 0.410 e. The van der Waals surface area contributed by atoms with Gasteiger partial charge in [-0.05, 0) is 67.2 Å². The molecule has 0 bridgehead atoms. The minimum Gasteiger partial charge on any atom is -0.444 e. The van der Waals surface area contributed by atoms with Crippen LogP contribution in [0.15, 0.2) is 0 Å². The average Bonchev–Trinajstić information content (AvgIpc) is 2.59. The Kier molecular flexibility index (Phi) is 7.40. The Labute approximate surface area is 174 Å². The fourth-order valence-electron chi connectivity index (χ4n) is 3.61. The van der Waals surface area contributed by atoms with Crippen molar-refractivity contribution < 1.29 is 23.9 Å². The average molecular weight is 412 g/mol. The molecule has 0 aromatic rings. The summed E-state index contributed by atoms with van der Waals surface area (Å²) < 4.78 is 10.7. The van der Waals surface area contributed by atoms with Crippen LogP contribution < -0.4 is 5.32 Å². The number of hydrogen-bond donors (Lipinski definition) is 1. The number of rotatable bonds is 2. The molecule has 8 nitrogen and oxygen atoms in total. The van der Waals surface area contributed by atoms with Crippen LogP contribution in [0, 0.1) is 5.92 Å². The molecule has 0 aliphatic carbocycles. The third-order valence-electron chi connectivity index (χ3n) is 5.02. The van der Waals surface area contributed by atoms with E-state index in [-0.39, 0.29) is 24.0 Å². The van der Waals surface area contributed by atoms with Crippen LogP contribution in [0.25, 0.3) is 0 Å². The summed E-state index contributed by atoms with van der Waals surface area (Å²) in [7, 11) is 0. The Bertz CT molecular complexity index is 592. The summed E-state index contributed by atoms with van der Waals surface area (Å²) in [5.74, 6) is 0.105. The van der Waals surface area contributed by atoms with E-state index in [1.807, 2.05) is 46.4 Å². The molecule has 2 fully saturated rings. The molecule has 0 aromatic carbocycles. The van der Waals surface area contributed by atoms with Crippen molar-refractivity contribution in [1.29, 1.82) is 0 Å². The fraction of sp³-hybridized carbons (Fsp3) is 0.857. The predicted octanol–water partition coefficient (Wildman–Crippen LogP) is 3.15. The van der Waals surface area contributed by atoms with Crippen LogP contribution in [0.3, 0.4) is 0 Å². The molecule has 3 amide bonds. The second-order valence-corrected chi connectivity index (χ2v) is 9.99. The number of piperidine rings is 2. The number of ether oxygens (including phenoxy) is 2.